The zero-order valence-corrected chi connectivity index (χ0v) is 13.3. The molecule has 1 amide bonds. The predicted molar refractivity (Wildman–Crippen MR) is 79.9 cm³/mol. The molecular formula is C13H13Cl3N2O3. The van der Waals surface area contributed by atoms with E-state index in [2.05, 4.69) is 10.3 Å². The van der Waals surface area contributed by atoms with Crippen molar-refractivity contribution in [3.05, 3.63) is 27.0 Å². The molecule has 0 radical (unpaired) electrons. The third kappa shape index (κ3) is 4.22. The zero-order valence-electron chi connectivity index (χ0n) is 11.0. The highest BCUT2D eigenvalue weighted by atomic mass is 35.5. The fourth-order valence-electron chi connectivity index (χ4n) is 2.12. The van der Waals surface area contributed by atoms with E-state index < -0.39 is 5.97 Å². The van der Waals surface area contributed by atoms with Crippen molar-refractivity contribution in [3.63, 3.8) is 0 Å². The Kier molecular flexibility index (Phi) is 5.67. The molecule has 1 aliphatic rings. The number of hydrogen-bond donors (Lipinski definition) is 1. The molecule has 8 heteroatoms. The highest BCUT2D eigenvalue weighted by Gasteiger charge is 2.21. The minimum atomic E-state index is -0.819. The van der Waals surface area contributed by atoms with Crippen LogP contribution in [0.15, 0.2) is 6.20 Å². The van der Waals surface area contributed by atoms with Crippen LogP contribution in [-0.4, -0.2) is 29.5 Å². The quantitative estimate of drug-likeness (QED) is 0.845. The van der Waals surface area contributed by atoms with E-state index in [1.54, 1.807) is 0 Å². The number of nitrogens with one attached hydrogen (secondary N) is 1. The molecule has 0 atom stereocenters. The van der Waals surface area contributed by atoms with Gasteiger partial charge in [-0.1, -0.05) is 47.6 Å². The summed E-state index contributed by atoms with van der Waals surface area (Å²) < 4.78 is 4.88. The molecule has 2 rings (SSSR count). The molecule has 1 aliphatic carbocycles. The Bertz CT molecular complexity index is 560. The van der Waals surface area contributed by atoms with Crippen molar-refractivity contribution in [2.75, 3.05) is 6.61 Å². The maximum Gasteiger partial charge on any atom is 0.359 e. The van der Waals surface area contributed by atoms with Gasteiger partial charge < -0.3 is 10.1 Å². The molecule has 0 bridgehead atoms. The average molecular weight is 352 g/mol. The van der Waals surface area contributed by atoms with E-state index >= 15 is 0 Å². The van der Waals surface area contributed by atoms with Crippen molar-refractivity contribution in [3.8, 4) is 0 Å². The van der Waals surface area contributed by atoms with Gasteiger partial charge in [0.15, 0.2) is 12.3 Å². The number of esters is 1. The van der Waals surface area contributed by atoms with Gasteiger partial charge in [-0.05, 0) is 12.8 Å². The second-order valence-corrected chi connectivity index (χ2v) is 5.87. The Morgan fingerprint density at radius 1 is 1.24 bits per heavy atom. The van der Waals surface area contributed by atoms with Gasteiger partial charge in [-0.25, -0.2) is 9.78 Å². The fourth-order valence-corrected chi connectivity index (χ4v) is 2.68. The molecule has 1 aromatic heterocycles. The molecule has 1 N–H and O–H groups in total. The number of halogens is 3. The first-order valence-corrected chi connectivity index (χ1v) is 7.58. The Balaban J connectivity index is 1.89. The van der Waals surface area contributed by atoms with Crippen molar-refractivity contribution in [2.45, 2.75) is 31.7 Å². The predicted octanol–water partition coefficient (Wildman–Crippen LogP) is 3.26. The number of pyridine rings is 1. The summed E-state index contributed by atoms with van der Waals surface area (Å²) in [6.45, 7) is -0.381. The van der Waals surface area contributed by atoms with Crippen LogP contribution in [0.3, 0.4) is 0 Å². The van der Waals surface area contributed by atoms with E-state index in [0.29, 0.717) is 0 Å². The summed E-state index contributed by atoms with van der Waals surface area (Å²) >= 11 is 17.4. The topological polar surface area (TPSA) is 68.3 Å². The van der Waals surface area contributed by atoms with Gasteiger partial charge in [0.05, 0.1) is 15.1 Å². The number of rotatable bonds is 4. The number of carbonyl (C=O) groups excluding carboxylic acids is 2. The van der Waals surface area contributed by atoms with E-state index in [1.165, 1.54) is 6.20 Å². The SMILES string of the molecule is O=C(COC(=O)c1ncc(Cl)c(Cl)c1Cl)NC1CCCC1. The fraction of sp³-hybridized carbons (Fsp3) is 0.462. The smallest absolute Gasteiger partial charge is 0.359 e. The Labute approximate surface area is 136 Å². The monoisotopic (exact) mass is 350 g/mol. The minimum absolute atomic E-state index is 0.0238. The average Bonchev–Trinajstić information content (AvgIpc) is 2.95. The Morgan fingerprint density at radius 3 is 2.57 bits per heavy atom. The van der Waals surface area contributed by atoms with Gasteiger partial charge >= 0.3 is 5.97 Å². The molecule has 1 aromatic rings. The third-order valence-electron chi connectivity index (χ3n) is 3.17. The van der Waals surface area contributed by atoms with Gasteiger partial charge in [0.1, 0.15) is 0 Å². The van der Waals surface area contributed by atoms with Crippen molar-refractivity contribution in [1.29, 1.82) is 0 Å². The second-order valence-electron chi connectivity index (χ2n) is 4.71. The third-order valence-corrected chi connectivity index (χ3v) is 4.41. The number of nitrogens with zero attached hydrogens (tertiary/aromatic N) is 1. The molecule has 114 valence electrons. The lowest BCUT2D eigenvalue weighted by Crippen LogP contribution is -2.36. The molecule has 5 nitrogen and oxygen atoms in total. The number of carbonyl (C=O) groups is 2. The van der Waals surface area contributed by atoms with E-state index in [4.69, 9.17) is 39.5 Å². The second kappa shape index (κ2) is 7.29. The summed E-state index contributed by atoms with van der Waals surface area (Å²) in [5.41, 5.74) is -0.167. The number of ether oxygens (including phenoxy) is 1. The lowest BCUT2D eigenvalue weighted by Gasteiger charge is -2.12. The first-order chi connectivity index (χ1) is 9.99. The van der Waals surface area contributed by atoms with Crippen molar-refractivity contribution < 1.29 is 14.3 Å². The maximum atomic E-state index is 11.8. The Hall–Kier alpha value is -1.04. The molecule has 0 saturated heterocycles. The van der Waals surface area contributed by atoms with Crippen LogP contribution < -0.4 is 5.32 Å². The standard InChI is InChI=1S/C13H13Cl3N2O3/c14-8-5-17-12(11(16)10(8)15)13(20)21-6-9(19)18-7-3-1-2-4-7/h5,7H,1-4,6H2,(H,18,19). The van der Waals surface area contributed by atoms with E-state index in [1.807, 2.05) is 0 Å². The summed E-state index contributed by atoms with van der Waals surface area (Å²) in [6, 6.07) is 0.169. The van der Waals surface area contributed by atoms with Crippen LogP contribution in [0.5, 0.6) is 0 Å². The first kappa shape index (κ1) is 16.3. The van der Waals surface area contributed by atoms with Gasteiger partial charge in [0.2, 0.25) is 0 Å². The van der Waals surface area contributed by atoms with Crippen LogP contribution in [-0.2, 0) is 9.53 Å². The van der Waals surface area contributed by atoms with Gasteiger partial charge in [0.25, 0.3) is 5.91 Å². The molecule has 1 heterocycles. The molecule has 21 heavy (non-hydrogen) atoms. The van der Waals surface area contributed by atoms with Gasteiger partial charge in [-0.2, -0.15) is 0 Å². The molecule has 0 aromatic carbocycles. The zero-order chi connectivity index (χ0) is 15.4. The van der Waals surface area contributed by atoms with Gasteiger partial charge in [-0.15, -0.1) is 0 Å². The normalized spacial score (nSPS) is 15.0. The van der Waals surface area contributed by atoms with E-state index in [-0.39, 0.29) is 39.3 Å². The van der Waals surface area contributed by atoms with Crippen LogP contribution in [0.2, 0.25) is 15.1 Å². The number of aromatic nitrogens is 1. The van der Waals surface area contributed by atoms with Crippen molar-refractivity contribution in [2.24, 2.45) is 0 Å². The highest BCUT2D eigenvalue weighted by Crippen LogP contribution is 2.31. The summed E-state index contributed by atoms with van der Waals surface area (Å²) in [5, 5.41) is 2.87. The van der Waals surface area contributed by atoms with E-state index in [0.717, 1.165) is 25.7 Å². The summed E-state index contributed by atoms with van der Waals surface area (Å²) in [5.74, 6) is -1.16. The number of hydrogen-bond acceptors (Lipinski definition) is 4. The lowest BCUT2D eigenvalue weighted by atomic mass is 10.2. The Morgan fingerprint density at radius 2 is 1.90 bits per heavy atom. The van der Waals surface area contributed by atoms with Crippen LogP contribution in [0.25, 0.3) is 0 Å². The molecule has 0 aliphatic heterocycles. The largest absolute Gasteiger partial charge is 0.451 e. The van der Waals surface area contributed by atoms with Crippen LogP contribution in [0, 0.1) is 0 Å². The maximum absolute atomic E-state index is 11.8. The van der Waals surface area contributed by atoms with Crippen molar-refractivity contribution in [1.82, 2.24) is 10.3 Å². The summed E-state index contributed by atoms with van der Waals surface area (Å²) in [6.07, 6.45) is 5.33. The molecule has 1 fully saturated rings. The highest BCUT2D eigenvalue weighted by molar-refractivity contribution is 6.48. The van der Waals surface area contributed by atoms with Crippen LogP contribution in [0.4, 0.5) is 0 Å². The summed E-state index contributed by atoms with van der Waals surface area (Å²) in [7, 11) is 0. The number of amides is 1. The van der Waals surface area contributed by atoms with Gasteiger partial charge in [0, 0.05) is 12.2 Å². The van der Waals surface area contributed by atoms with E-state index in [9.17, 15) is 9.59 Å². The van der Waals surface area contributed by atoms with Crippen LogP contribution in [0.1, 0.15) is 36.2 Å². The van der Waals surface area contributed by atoms with Gasteiger partial charge in [-0.3, -0.25) is 4.79 Å². The summed E-state index contributed by atoms with van der Waals surface area (Å²) in [4.78, 5) is 27.2. The lowest BCUT2D eigenvalue weighted by molar-refractivity contribution is -0.124. The molecule has 0 spiro atoms. The molecule has 1 saturated carbocycles. The van der Waals surface area contributed by atoms with Crippen molar-refractivity contribution >= 4 is 46.7 Å². The molecule has 0 unspecified atom stereocenters. The first-order valence-electron chi connectivity index (χ1n) is 6.45. The molecular weight excluding hydrogens is 339 g/mol. The minimum Gasteiger partial charge on any atom is -0.451 e. The van der Waals surface area contributed by atoms with Crippen LogP contribution >= 0.6 is 34.8 Å².